The van der Waals surface area contributed by atoms with Crippen molar-refractivity contribution in [1.29, 1.82) is 0 Å². The molecule has 4 nitrogen and oxygen atoms in total. The lowest BCUT2D eigenvalue weighted by Crippen LogP contribution is -2.33. The molecule has 1 amide bonds. The van der Waals surface area contributed by atoms with Gasteiger partial charge in [0.1, 0.15) is 5.82 Å². The Balaban J connectivity index is 0.00000484. The van der Waals surface area contributed by atoms with E-state index in [1.807, 2.05) is 6.92 Å². The molecule has 0 bridgehead atoms. The molecule has 0 aromatic heterocycles. The number of carbonyl (C=O) groups is 1. The number of aliphatic hydroxyl groups is 1. The molecule has 0 fully saturated rings. The maximum atomic E-state index is 12.8. The molecule has 0 radical (unpaired) electrons. The number of amides is 1. The molecule has 1 aromatic carbocycles. The number of rotatable bonds is 10. The van der Waals surface area contributed by atoms with Crippen LogP contribution in [0.3, 0.4) is 0 Å². The summed E-state index contributed by atoms with van der Waals surface area (Å²) in [5, 5.41) is 13.0. The highest BCUT2D eigenvalue weighted by atomic mass is 35.5. The summed E-state index contributed by atoms with van der Waals surface area (Å²) in [5.74, 6) is -0.321. The Bertz CT molecular complexity index is 443. The highest BCUT2D eigenvalue weighted by Crippen LogP contribution is 2.18. The van der Waals surface area contributed by atoms with Gasteiger partial charge in [-0.25, -0.2) is 4.39 Å². The fourth-order valence-electron chi connectivity index (χ4n) is 2.35. The number of aliphatic hydroxyl groups excluding tert-OH is 1. The molecule has 4 N–H and O–H groups in total. The van der Waals surface area contributed by atoms with E-state index in [2.05, 4.69) is 5.32 Å². The largest absolute Gasteiger partial charge is 0.388 e. The van der Waals surface area contributed by atoms with E-state index in [1.165, 1.54) is 12.1 Å². The van der Waals surface area contributed by atoms with Crippen LogP contribution in [0.1, 0.15) is 57.1 Å². The standard InChI is InChI=1S/C17H27FN2O2.ClH/c1-13(20-17(22)6-4-2-3-5-11-19)12-16(21)14-7-9-15(18)10-8-14;/h7-10,13,16,21H,2-6,11-12,19H2,1H3,(H,20,22);1H. The van der Waals surface area contributed by atoms with Crippen LogP contribution in [-0.2, 0) is 4.79 Å². The van der Waals surface area contributed by atoms with Crippen molar-refractivity contribution in [1.82, 2.24) is 5.32 Å². The molecule has 0 spiro atoms. The number of hydrogen-bond acceptors (Lipinski definition) is 3. The van der Waals surface area contributed by atoms with Gasteiger partial charge in [-0.05, 0) is 50.4 Å². The normalized spacial score (nSPS) is 13.0. The second kappa shape index (κ2) is 12.3. The van der Waals surface area contributed by atoms with Gasteiger partial charge in [0.15, 0.2) is 0 Å². The van der Waals surface area contributed by atoms with E-state index in [4.69, 9.17) is 5.73 Å². The van der Waals surface area contributed by atoms with Crippen LogP contribution < -0.4 is 11.1 Å². The van der Waals surface area contributed by atoms with Crippen molar-refractivity contribution in [2.75, 3.05) is 6.54 Å². The minimum absolute atomic E-state index is 0. The zero-order chi connectivity index (χ0) is 16.4. The van der Waals surface area contributed by atoms with Crippen LogP contribution in [0.4, 0.5) is 4.39 Å². The van der Waals surface area contributed by atoms with Crippen molar-refractivity contribution in [3.63, 3.8) is 0 Å². The summed E-state index contributed by atoms with van der Waals surface area (Å²) in [7, 11) is 0. The molecule has 1 aromatic rings. The molecule has 0 saturated carbocycles. The molecule has 0 aliphatic heterocycles. The Kier molecular flexibility index (Phi) is 11.7. The zero-order valence-corrected chi connectivity index (χ0v) is 14.4. The lowest BCUT2D eigenvalue weighted by molar-refractivity contribution is -0.122. The van der Waals surface area contributed by atoms with E-state index in [1.54, 1.807) is 12.1 Å². The first kappa shape index (κ1) is 21.8. The van der Waals surface area contributed by atoms with E-state index in [9.17, 15) is 14.3 Å². The molecular weight excluding hydrogens is 319 g/mol. The van der Waals surface area contributed by atoms with E-state index >= 15 is 0 Å². The van der Waals surface area contributed by atoms with Gasteiger partial charge in [-0.15, -0.1) is 12.4 Å². The van der Waals surface area contributed by atoms with Crippen LogP contribution in [-0.4, -0.2) is 23.6 Å². The highest BCUT2D eigenvalue weighted by molar-refractivity contribution is 5.85. The second-order valence-electron chi connectivity index (χ2n) is 5.72. The molecule has 2 unspecified atom stereocenters. The third-order valence-corrected chi connectivity index (χ3v) is 3.60. The molecule has 0 aliphatic rings. The van der Waals surface area contributed by atoms with Crippen molar-refractivity contribution in [2.45, 2.75) is 57.6 Å². The fourth-order valence-corrected chi connectivity index (χ4v) is 2.35. The molecular formula is C17H28ClFN2O2. The summed E-state index contributed by atoms with van der Waals surface area (Å²) in [6.45, 7) is 2.56. The van der Waals surface area contributed by atoms with E-state index in [-0.39, 0.29) is 30.2 Å². The van der Waals surface area contributed by atoms with Gasteiger partial charge in [0.05, 0.1) is 6.10 Å². The van der Waals surface area contributed by atoms with Crippen molar-refractivity contribution >= 4 is 18.3 Å². The second-order valence-corrected chi connectivity index (χ2v) is 5.72. The molecule has 132 valence electrons. The van der Waals surface area contributed by atoms with Crippen LogP contribution in [0.5, 0.6) is 0 Å². The summed E-state index contributed by atoms with van der Waals surface area (Å²) in [5.41, 5.74) is 6.07. The van der Waals surface area contributed by atoms with Gasteiger partial charge < -0.3 is 16.2 Å². The van der Waals surface area contributed by atoms with Gasteiger partial charge in [-0.1, -0.05) is 25.0 Å². The van der Waals surface area contributed by atoms with Gasteiger partial charge >= 0.3 is 0 Å². The Labute approximate surface area is 144 Å². The lowest BCUT2D eigenvalue weighted by Gasteiger charge is -2.18. The van der Waals surface area contributed by atoms with Crippen molar-refractivity contribution < 1.29 is 14.3 Å². The summed E-state index contributed by atoms with van der Waals surface area (Å²) in [4.78, 5) is 11.8. The first-order valence-electron chi connectivity index (χ1n) is 7.96. The number of nitrogens with one attached hydrogen (secondary N) is 1. The van der Waals surface area contributed by atoms with E-state index in [0.29, 0.717) is 24.9 Å². The number of nitrogens with two attached hydrogens (primary N) is 1. The number of unbranched alkanes of at least 4 members (excludes halogenated alkanes) is 3. The Morgan fingerprint density at radius 2 is 1.83 bits per heavy atom. The quantitative estimate of drug-likeness (QED) is 0.570. The number of halogens is 2. The molecule has 6 heteroatoms. The highest BCUT2D eigenvalue weighted by Gasteiger charge is 2.14. The molecule has 0 aliphatic carbocycles. The van der Waals surface area contributed by atoms with E-state index in [0.717, 1.165) is 25.7 Å². The number of carbonyl (C=O) groups excluding carboxylic acids is 1. The molecule has 23 heavy (non-hydrogen) atoms. The van der Waals surface area contributed by atoms with Crippen LogP contribution in [0.15, 0.2) is 24.3 Å². The monoisotopic (exact) mass is 346 g/mol. The van der Waals surface area contributed by atoms with Gasteiger partial charge in [-0.2, -0.15) is 0 Å². The van der Waals surface area contributed by atoms with Gasteiger partial charge in [0, 0.05) is 12.5 Å². The summed E-state index contributed by atoms with van der Waals surface area (Å²) in [6.07, 6.45) is 4.13. The summed E-state index contributed by atoms with van der Waals surface area (Å²) >= 11 is 0. The van der Waals surface area contributed by atoms with Crippen LogP contribution in [0.2, 0.25) is 0 Å². The Morgan fingerprint density at radius 1 is 1.22 bits per heavy atom. The van der Waals surface area contributed by atoms with Gasteiger partial charge in [-0.3, -0.25) is 4.79 Å². The summed E-state index contributed by atoms with van der Waals surface area (Å²) < 4.78 is 12.8. The predicted octanol–water partition coefficient (Wildman–Crippen LogP) is 3.08. The number of hydrogen-bond donors (Lipinski definition) is 3. The third kappa shape index (κ3) is 9.54. The average Bonchev–Trinajstić information content (AvgIpc) is 2.47. The number of benzene rings is 1. The third-order valence-electron chi connectivity index (χ3n) is 3.60. The SMILES string of the molecule is CC(CC(O)c1ccc(F)cc1)NC(=O)CCCCCCN.Cl. The van der Waals surface area contributed by atoms with Crippen molar-refractivity contribution in [2.24, 2.45) is 5.73 Å². The minimum Gasteiger partial charge on any atom is -0.388 e. The predicted molar refractivity (Wildman–Crippen MR) is 93.0 cm³/mol. The Hall–Kier alpha value is -1.17. The molecule has 2 atom stereocenters. The van der Waals surface area contributed by atoms with Crippen molar-refractivity contribution in [3.8, 4) is 0 Å². The lowest BCUT2D eigenvalue weighted by atomic mass is 10.0. The Morgan fingerprint density at radius 3 is 2.43 bits per heavy atom. The smallest absolute Gasteiger partial charge is 0.220 e. The van der Waals surface area contributed by atoms with Crippen LogP contribution in [0.25, 0.3) is 0 Å². The maximum absolute atomic E-state index is 12.8. The van der Waals surface area contributed by atoms with Crippen LogP contribution >= 0.6 is 12.4 Å². The maximum Gasteiger partial charge on any atom is 0.220 e. The first-order valence-corrected chi connectivity index (χ1v) is 7.96. The van der Waals surface area contributed by atoms with Gasteiger partial charge in [0.2, 0.25) is 5.91 Å². The molecule has 0 saturated heterocycles. The van der Waals surface area contributed by atoms with Crippen LogP contribution in [0, 0.1) is 5.82 Å². The molecule has 0 heterocycles. The first-order chi connectivity index (χ1) is 10.5. The van der Waals surface area contributed by atoms with E-state index < -0.39 is 6.10 Å². The minimum atomic E-state index is -0.708. The summed E-state index contributed by atoms with van der Waals surface area (Å²) in [6, 6.07) is 5.64. The topological polar surface area (TPSA) is 75.3 Å². The fraction of sp³-hybridized carbons (Fsp3) is 0.588. The average molecular weight is 347 g/mol. The zero-order valence-electron chi connectivity index (χ0n) is 13.6. The van der Waals surface area contributed by atoms with Gasteiger partial charge in [0.25, 0.3) is 0 Å². The molecule has 1 rings (SSSR count). The van der Waals surface area contributed by atoms with Crippen molar-refractivity contribution in [3.05, 3.63) is 35.6 Å².